The number of nitrogens with zero attached hydrogens (tertiary/aromatic N) is 2. The Labute approximate surface area is 705 Å². The highest BCUT2D eigenvalue weighted by molar-refractivity contribution is 6.30. The Hall–Kier alpha value is -12.5. The van der Waals surface area contributed by atoms with Gasteiger partial charge in [-0.15, -0.1) is 0 Å². The van der Waals surface area contributed by atoms with Crippen LogP contribution in [-0.2, 0) is 99.3 Å². The van der Waals surface area contributed by atoms with Gasteiger partial charge in [0.1, 0.15) is 66.5 Å². The molecule has 6 aromatic rings. The average Bonchev–Trinajstić information content (AvgIpc) is 1.81. The molecule has 0 spiro atoms. The third kappa shape index (κ3) is 30.1. The van der Waals surface area contributed by atoms with Gasteiger partial charge in [0, 0.05) is 79.9 Å². The maximum atomic E-state index is 15.5. The van der Waals surface area contributed by atoms with Crippen LogP contribution >= 0.6 is 11.6 Å². The molecule has 2 aliphatic heterocycles. The van der Waals surface area contributed by atoms with E-state index in [2.05, 4.69) is 84.9 Å². The predicted molar refractivity (Wildman–Crippen MR) is 449 cm³/mol. The normalized spacial score (nSPS) is 16.0. The molecule has 648 valence electrons. The van der Waals surface area contributed by atoms with Gasteiger partial charge in [-0.05, 0) is 145 Å². The highest BCUT2D eigenvalue weighted by Crippen LogP contribution is 2.24. The summed E-state index contributed by atoms with van der Waals surface area (Å²) in [4.78, 5) is 220. The molecule has 0 saturated carbocycles. The van der Waals surface area contributed by atoms with E-state index in [0.29, 0.717) is 59.5 Å². The first-order chi connectivity index (χ1) is 57.8. The van der Waals surface area contributed by atoms with Crippen molar-refractivity contribution in [1.29, 1.82) is 0 Å². The van der Waals surface area contributed by atoms with Crippen molar-refractivity contribution in [3.8, 4) is 0 Å². The molecule has 2 saturated heterocycles. The molecule has 2 fully saturated rings. The van der Waals surface area contributed by atoms with Crippen molar-refractivity contribution in [2.24, 2.45) is 11.7 Å². The van der Waals surface area contributed by atoms with Crippen LogP contribution in [0.15, 0.2) is 140 Å². The number of aliphatic hydroxyl groups excluding tert-OH is 1. The highest BCUT2D eigenvalue weighted by Gasteiger charge is 2.41. The van der Waals surface area contributed by atoms with E-state index in [9.17, 15) is 48.3 Å². The second kappa shape index (κ2) is 46.8. The number of urea groups is 2. The van der Waals surface area contributed by atoms with Gasteiger partial charge in [0.2, 0.25) is 76.8 Å². The fourth-order valence-electron chi connectivity index (χ4n) is 13.7. The number of nitrogens with two attached hydrogens (primary N) is 1. The number of rotatable bonds is 44. The van der Waals surface area contributed by atoms with Gasteiger partial charge in [-0.25, -0.2) is 15.1 Å². The first kappa shape index (κ1) is 94.0. The quantitative estimate of drug-likeness (QED) is 0.0193. The van der Waals surface area contributed by atoms with E-state index in [0.717, 1.165) is 10.8 Å². The van der Waals surface area contributed by atoms with Crippen LogP contribution in [0.1, 0.15) is 127 Å². The zero-order chi connectivity index (χ0) is 87.8. The number of amides is 17. The molecule has 0 bridgehead atoms. The molecule has 5 aromatic carbocycles. The summed E-state index contributed by atoms with van der Waals surface area (Å²) >= 11 is 6.30. The fourth-order valence-corrected chi connectivity index (χ4v) is 13.9. The minimum absolute atomic E-state index is 0.0127. The van der Waals surface area contributed by atoms with Crippen molar-refractivity contribution in [3.05, 3.63) is 173 Å². The zero-order valence-electron chi connectivity index (χ0n) is 68.6. The number of primary amides is 1. The molecule has 0 radical (unpaired) electrons. The lowest BCUT2D eigenvalue weighted by Crippen LogP contribution is -2.62. The average molecular weight is 1690 g/mol. The molecule has 8 rings (SSSR count). The summed E-state index contributed by atoms with van der Waals surface area (Å²) in [6.07, 6.45) is 3.58. The second-order valence-corrected chi connectivity index (χ2v) is 31.1. The maximum Gasteiger partial charge on any atom is 0.343 e. The van der Waals surface area contributed by atoms with Crippen molar-refractivity contribution >= 4 is 123 Å². The number of likely N-dealkylation sites (tertiary alicyclic amines) is 1. The van der Waals surface area contributed by atoms with Crippen molar-refractivity contribution in [2.45, 2.75) is 204 Å². The van der Waals surface area contributed by atoms with Crippen LogP contribution < -0.4 is 85.6 Å². The lowest BCUT2D eigenvalue weighted by molar-refractivity contribution is -0.142. The summed E-state index contributed by atoms with van der Waals surface area (Å²) in [5, 5.41) is 50.9. The summed E-state index contributed by atoms with van der Waals surface area (Å²) in [6, 6.07) is 17.6. The number of halogens is 1. The van der Waals surface area contributed by atoms with E-state index in [1.165, 1.54) is 79.9 Å². The molecule has 35 nitrogen and oxygen atoms in total. The first-order valence-corrected chi connectivity index (χ1v) is 40.7. The predicted octanol–water partition coefficient (Wildman–Crippen LogP) is 2.49. The number of pyridine rings is 1. The van der Waals surface area contributed by atoms with Gasteiger partial charge in [-0.2, -0.15) is 0 Å². The molecule has 3 heterocycles. The van der Waals surface area contributed by atoms with Gasteiger partial charge in [-0.3, -0.25) is 77.5 Å². The largest absolute Gasteiger partial charge is 0.394 e. The van der Waals surface area contributed by atoms with Crippen molar-refractivity contribution in [1.82, 2.24) is 79.2 Å². The van der Waals surface area contributed by atoms with Gasteiger partial charge in [0.25, 0.3) is 0 Å². The molecule has 2 aliphatic rings. The third-order valence-corrected chi connectivity index (χ3v) is 20.3. The number of hydroxylamine groups is 1. The summed E-state index contributed by atoms with van der Waals surface area (Å²) < 4.78 is 0. The van der Waals surface area contributed by atoms with Gasteiger partial charge in [-0.1, -0.05) is 131 Å². The zero-order valence-corrected chi connectivity index (χ0v) is 69.4. The summed E-state index contributed by atoms with van der Waals surface area (Å²) in [6.45, 7) is 10.3. The summed E-state index contributed by atoms with van der Waals surface area (Å²) in [5.74, 6) is -10.9. The number of hydrogen-bond acceptors (Lipinski definition) is 19. The minimum atomic E-state index is -1.93. The summed E-state index contributed by atoms with van der Waals surface area (Å²) in [5.41, 5.74) is 10.3. The van der Waals surface area contributed by atoms with Gasteiger partial charge < -0.3 is 84.9 Å². The SMILES string of the molecule is CCCC(=O)N[C@H](Cc1ccc2ccccc2c1)C(=O)N[C@H](Cc1ccc(Cl)cc1)C(=O)N[C@H](Cc1cccnc1)C(=O)N[C@@H](CO)C(=O)N[C@@H](Cc1ccc(NC(=O)[C@@H]2CC(=O)NC(=O)N2)cc1)C(=O)N[C@H](Cc1ccc(NC(=O)NOC)cc1)C(=O)N[C@@H](CC(C)C)C(=O)N[C@@H](CCCCNC(C)C)C(=O)N1CCC[C@H]1C(=O)N[C@H](C)C(N)=O. The number of unbranched alkanes of at least 4 members (excludes halogenated alkanes) is 1. The molecule has 0 unspecified atom stereocenters. The van der Waals surface area contributed by atoms with Gasteiger partial charge in [0.05, 0.1) is 20.1 Å². The van der Waals surface area contributed by atoms with E-state index < -0.39 is 168 Å². The van der Waals surface area contributed by atoms with Crippen molar-refractivity contribution in [2.75, 3.05) is 37.4 Å². The molecule has 17 amide bonds. The van der Waals surface area contributed by atoms with Crippen LogP contribution in [0.5, 0.6) is 0 Å². The molecular formula is C85H109ClN18O17. The Kier molecular flexibility index (Phi) is 36.3. The van der Waals surface area contributed by atoms with Crippen LogP contribution in [0.4, 0.5) is 21.0 Å². The van der Waals surface area contributed by atoms with E-state index in [1.54, 1.807) is 57.2 Å². The monoisotopic (exact) mass is 1690 g/mol. The van der Waals surface area contributed by atoms with E-state index in [4.69, 9.17) is 22.2 Å². The Morgan fingerprint density at radius 1 is 0.570 bits per heavy atom. The smallest absolute Gasteiger partial charge is 0.343 e. The minimum Gasteiger partial charge on any atom is -0.394 e. The number of fused-ring (bicyclic) bond motifs is 1. The van der Waals surface area contributed by atoms with Crippen LogP contribution in [-0.4, -0.2) is 203 Å². The second-order valence-electron chi connectivity index (χ2n) is 30.6. The van der Waals surface area contributed by atoms with E-state index >= 15 is 28.8 Å². The summed E-state index contributed by atoms with van der Waals surface area (Å²) in [7, 11) is 1.23. The number of aliphatic hydroxyl groups is 1. The molecule has 11 atom stereocenters. The van der Waals surface area contributed by atoms with Gasteiger partial charge >= 0.3 is 12.1 Å². The maximum absolute atomic E-state index is 15.5. The first-order valence-electron chi connectivity index (χ1n) is 40.3. The van der Waals surface area contributed by atoms with E-state index in [-0.39, 0.29) is 93.2 Å². The Morgan fingerprint density at radius 2 is 1.07 bits per heavy atom. The Balaban J connectivity index is 1.11. The van der Waals surface area contributed by atoms with Crippen LogP contribution in [0.3, 0.4) is 0 Å². The highest BCUT2D eigenvalue weighted by atomic mass is 35.5. The number of carbonyl (C=O) groups excluding carboxylic acids is 15. The molecular weight excluding hydrogens is 1580 g/mol. The lowest BCUT2D eigenvalue weighted by Gasteiger charge is -2.31. The van der Waals surface area contributed by atoms with Crippen molar-refractivity contribution < 1.29 is 81.9 Å². The number of carbonyl (C=O) groups is 15. The molecule has 18 N–H and O–H groups in total. The van der Waals surface area contributed by atoms with Crippen LogP contribution in [0.2, 0.25) is 5.02 Å². The number of nitrogens with one attached hydrogen (secondary N) is 15. The number of imide groups is 1. The Bertz CT molecular complexity index is 4610. The fraction of sp³-hybridized carbons (Fsp3) is 0.435. The standard InChI is InChI=1S/C85H109ClN18O17/c1-8-15-71(106)93-63(43-54-21-28-56-17-9-10-18-57(56)39-54)76(111)96-64(40-51-22-29-58(86)30-23-51)78(113)98-67(44-55-16-13-35-88-46-55)80(115)100-69(47-105)81(116)99-66(42-52-24-31-59(32-25-52)91-74(109)68-45-72(107)102-84(119)101-68)79(114)97-65(41-53-26-33-60(34-27-53)92-85(120)103-121-7)77(112)95-62(38-48(2)3)75(110)94-61(19-11-12-36-89-49(4)5)83(118)104-37-14-20-70(104)82(117)90-50(6)73(87)108/h9-10,13,16-18,21-35,39,46,48-50,61-70,89,105H,8,11-12,14-15,19-20,36-38,40-45,47H2,1-7H3,(H2,87,108)(H,90,117)(H,91,109)(H,93,106)(H,94,110)(H,95,112)(H,96,111)(H,97,114)(H,98,113)(H,99,116)(H,100,115)(H2,92,103,120)(H2,101,102,107,119)/t50-,61+,62+,63-,64-,65-,66+,67-,68+,69+,70+/m1/s1. The van der Waals surface area contributed by atoms with Gasteiger partial charge in [0.15, 0.2) is 0 Å². The number of anilines is 2. The number of aromatic nitrogens is 1. The number of benzene rings is 5. The lowest BCUT2D eigenvalue weighted by atomic mass is 9.99. The molecule has 0 aliphatic carbocycles. The van der Waals surface area contributed by atoms with Crippen LogP contribution in [0.25, 0.3) is 10.8 Å². The van der Waals surface area contributed by atoms with E-state index in [1.807, 2.05) is 56.3 Å². The van der Waals surface area contributed by atoms with Crippen molar-refractivity contribution in [3.63, 3.8) is 0 Å². The van der Waals surface area contributed by atoms with Crippen LogP contribution in [0, 0.1) is 5.92 Å². The topological polar surface area (TPSA) is 508 Å². The molecule has 36 heteroatoms. The Morgan fingerprint density at radius 3 is 1.60 bits per heavy atom. The molecule has 1 aromatic heterocycles. The molecule has 121 heavy (non-hydrogen) atoms. The number of hydrogen-bond donors (Lipinski definition) is 17. The third-order valence-electron chi connectivity index (χ3n) is 20.1.